The van der Waals surface area contributed by atoms with Crippen LogP contribution < -0.4 is 4.90 Å². The lowest BCUT2D eigenvalue weighted by Gasteiger charge is -2.20. The van der Waals surface area contributed by atoms with Gasteiger partial charge >= 0.3 is 0 Å². The number of pyridine rings is 1. The smallest absolute Gasteiger partial charge is 0.146 e. The Balaban J connectivity index is 2.27. The predicted molar refractivity (Wildman–Crippen MR) is 79.9 cm³/mol. The SMILES string of the molecule is Cc1ccc(C#N)c(N(C)Cc2cccc(Br)c2)n1. The average Bonchev–Trinajstić information content (AvgIpc) is 2.38. The second-order valence-electron chi connectivity index (χ2n) is 4.42. The third-order valence-electron chi connectivity index (χ3n) is 2.81. The maximum Gasteiger partial charge on any atom is 0.146 e. The number of aromatic nitrogens is 1. The fourth-order valence-electron chi connectivity index (χ4n) is 1.91. The molecule has 1 heterocycles. The number of nitriles is 1. The molecule has 0 saturated carbocycles. The fourth-order valence-corrected chi connectivity index (χ4v) is 2.35. The molecule has 1 aromatic carbocycles. The van der Waals surface area contributed by atoms with Crippen LogP contribution in [0.2, 0.25) is 0 Å². The number of benzene rings is 1. The first-order valence-corrected chi connectivity index (χ1v) is 6.73. The summed E-state index contributed by atoms with van der Waals surface area (Å²) in [6.07, 6.45) is 0. The molecule has 0 aliphatic heterocycles. The molecular weight excluding hydrogens is 302 g/mol. The van der Waals surface area contributed by atoms with Crippen LogP contribution in [0.3, 0.4) is 0 Å². The molecule has 1 aromatic heterocycles. The van der Waals surface area contributed by atoms with Crippen molar-refractivity contribution in [1.29, 1.82) is 5.26 Å². The summed E-state index contributed by atoms with van der Waals surface area (Å²) in [5.74, 6) is 0.725. The standard InChI is InChI=1S/C15H14BrN3/c1-11-6-7-13(9-17)15(18-11)19(2)10-12-4-3-5-14(16)8-12/h3-8H,10H2,1-2H3. The van der Waals surface area contributed by atoms with Gasteiger partial charge in [-0.25, -0.2) is 4.98 Å². The van der Waals surface area contributed by atoms with E-state index in [9.17, 15) is 0 Å². The van der Waals surface area contributed by atoms with Gasteiger partial charge in [0.2, 0.25) is 0 Å². The van der Waals surface area contributed by atoms with Crippen molar-refractivity contribution in [2.24, 2.45) is 0 Å². The number of nitrogens with zero attached hydrogens (tertiary/aromatic N) is 3. The summed E-state index contributed by atoms with van der Waals surface area (Å²) < 4.78 is 1.05. The zero-order valence-electron chi connectivity index (χ0n) is 10.9. The Kier molecular flexibility index (Phi) is 4.18. The monoisotopic (exact) mass is 315 g/mol. The molecule has 0 atom stereocenters. The van der Waals surface area contributed by atoms with E-state index in [-0.39, 0.29) is 0 Å². The minimum atomic E-state index is 0.600. The van der Waals surface area contributed by atoms with E-state index < -0.39 is 0 Å². The van der Waals surface area contributed by atoms with Crippen LogP contribution in [0, 0.1) is 18.3 Å². The Morgan fingerprint density at radius 2 is 2.11 bits per heavy atom. The fraction of sp³-hybridized carbons (Fsp3) is 0.200. The van der Waals surface area contributed by atoms with Crippen LogP contribution in [0.25, 0.3) is 0 Å². The summed E-state index contributed by atoms with van der Waals surface area (Å²) >= 11 is 3.46. The molecule has 96 valence electrons. The van der Waals surface area contributed by atoms with Crippen LogP contribution in [-0.4, -0.2) is 12.0 Å². The Morgan fingerprint density at radius 1 is 1.32 bits per heavy atom. The second kappa shape index (κ2) is 5.85. The van der Waals surface area contributed by atoms with Crippen LogP contribution >= 0.6 is 15.9 Å². The Bertz CT molecular complexity index is 632. The average molecular weight is 316 g/mol. The van der Waals surface area contributed by atoms with Crippen LogP contribution in [0.1, 0.15) is 16.8 Å². The van der Waals surface area contributed by atoms with Crippen LogP contribution in [0.4, 0.5) is 5.82 Å². The minimum Gasteiger partial charge on any atom is -0.354 e. The van der Waals surface area contributed by atoms with Crippen molar-refractivity contribution in [3.63, 3.8) is 0 Å². The second-order valence-corrected chi connectivity index (χ2v) is 5.34. The summed E-state index contributed by atoms with van der Waals surface area (Å²) in [5.41, 5.74) is 2.68. The first-order chi connectivity index (χ1) is 9.10. The molecule has 0 amide bonds. The number of rotatable bonds is 3. The van der Waals surface area contributed by atoms with Gasteiger partial charge in [-0.1, -0.05) is 28.1 Å². The van der Waals surface area contributed by atoms with E-state index in [1.165, 1.54) is 5.56 Å². The minimum absolute atomic E-state index is 0.600. The molecule has 0 N–H and O–H groups in total. The lowest BCUT2D eigenvalue weighted by atomic mass is 10.2. The van der Waals surface area contributed by atoms with Gasteiger partial charge in [0, 0.05) is 23.8 Å². The first kappa shape index (κ1) is 13.6. The molecule has 0 spiro atoms. The van der Waals surface area contributed by atoms with Crippen molar-refractivity contribution < 1.29 is 0 Å². The highest BCUT2D eigenvalue weighted by Crippen LogP contribution is 2.20. The van der Waals surface area contributed by atoms with Gasteiger partial charge in [0.1, 0.15) is 11.9 Å². The molecule has 0 fully saturated rings. The highest BCUT2D eigenvalue weighted by Gasteiger charge is 2.10. The van der Waals surface area contributed by atoms with Crippen molar-refractivity contribution in [3.8, 4) is 6.07 Å². The van der Waals surface area contributed by atoms with Gasteiger partial charge in [-0.15, -0.1) is 0 Å². The molecule has 3 nitrogen and oxygen atoms in total. The van der Waals surface area contributed by atoms with Gasteiger partial charge in [0.25, 0.3) is 0 Å². The van der Waals surface area contributed by atoms with E-state index in [1.54, 1.807) is 0 Å². The third kappa shape index (κ3) is 3.33. The summed E-state index contributed by atoms with van der Waals surface area (Å²) in [6.45, 7) is 2.64. The molecule has 4 heteroatoms. The summed E-state index contributed by atoms with van der Waals surface area (Å²) in [4.78, 5) is 6.45. The lowest BCUT2D eigenvalue weighted by Crippen LogP contribution is -2.19. The van der Waals surface area contributed by atoms with Crippen molar-refractivity contribution in [2.75, 3.05) is 11.9 Å². The lowest BCUT2D eigenvalue weighted by molar-refractivity contribution is 0.888. The number of hydrogen-bond donors (Lipinski definition) is 0. The van der Waals surface area contributed by atoms with E-state index in [2.05, 4.69) is 39.1 Å². The molecule has 0 aliphatic rings. The van der Waals surface area contributed by atoms with E-state index in [0.29, 0.717) is 12.1 Å². The largest absolute Gasteiger partial charge is 0.354 e. The van der Waals surface area contributed by atoms with E-state index >= 15 is 0 Å². The third-order valence-corrected chi connectivity index (χ3v) is 3.30. The highest BCUT2D eigenvalue weighted by molar-refractivity contribution is 9.10. The van der Waals surface area contributed by atoms with E-state index in [0.717, 1.165) is 16.0 Å². The predicted octanol–water partition coefficient (Wildman–Crippen LogP) is 3.66. The Morgan fingerprint density at radius 3 is 2.79 bits per heavy atom. The maximum atomic E-state index is 9.14. The first-order valence-electron chi connectivity index (χ1n) is 5.93. The zero-order valence-corrected chi connectivity index (χ0v) is 12.5. The van der Waals surface area contributed by atoms with Crippen LogP contribution in [0.15, 0.2) is 40.9 Å². The highest BCUT2D eigenvalue weighted by atomic mass is 79.9. The van der Waals surface area contributed by atoms with Crippen LogP contribution in [0.5, 0.6) is 0 Å². The molecule has 2 aromatic rings. The van der Waals surface area contributed by atoms with Gasteiger partial charge in [-0.2, -0.15) is 5.26 Å². The van der Waals surface area contributed by atoms with Crippen molar-refractivity contribution in [3.05, 3.63) is 57.7 Å². The number of anilines is 1. The van der Waals surface area contributed by atoms with Crippen molar-refractivity contribution in [1.82, 2.24) is 4.98 Å². The molecule has 0 aliphatic carbocycles. The molecule has 0 saturated heterocycles. The Hall–Kier alpha value is -1.86. The zero-order chi connectivity index (χ0) is 13.8. The topological polar surface area (TPSA) is 39.9 Å². The molecule has 2 rings (SSSR count). The molecule has 0 bridgehead atoms. The van der Waals surface area contributed by atoms with Crippen molar-refractivity contribution in [2.45, 2.75) is 13.5 Å². The Labute approximate surface area is 121 Å². The summed E-state index contributed by atoms with van der Waals surface area (Å²) in [6, 6.07) is 14.0. The summed E-state index contributed by atoms with van der Waals surface area (Å²) in [5, 5.41) is 9.14. The van der Waals surface area contributed by atoms with Crippen molar-refractivity contribution >= 4 is 21.7 Å². The van der Waals surface area contributed by atoms with E-state index in [4.69, 9.17) is 5.26 Å². The van der Waals surface area contributed by atoms with Gasteiger partial charge in [0.05, 0.1) is 5.56 Å². The van der Waals surface area contributed by atoms with Gasteiger partial charge < -0.3 is 4.90 Å². The number of halogens is 1. The van der Waals surface area contributed by atoms with Gasteiger partial charge in [-0.3, -0.25) is 0 Å². The summed E-state index contributed by atoms with van der Waals surface area (Å²) in [7, 11) is 1.95. The quantitative estimate of drug-likeness (QED) is 0.867. The molecule has 0 unspecified atom stereocenters. The van der Waals surface area contributed by atoms with Gasteiger partial charge in [0.15, 0.2) is 0 Å². The molecule has 19 heavy (non-hydrogen) atoms. The van der Waals surface area contributed by atoms with E-state index in [1.807, 2.05) is 43.1 Å². The van der Waals surface area contributed by atoms with Crippen LogP contribution in [-0.2, 0) is 6.54 Å². The number of aryl methyl sites for hydroxylation is 1. The number of hydrogen-bond acceptors (Lipinski definition) is 3. The molecular formula is C15H14BrN3. The maximum absolute atomic E-state index is 9.14. The molecule has 0 radical (unpaired) electrons. The normalized spacial score (nSPS) is 10.0. The van der Waals surface area contributed by atoms with Gasteiger partial charge in [-0.05, 0) is 36.8 Å².